The Balaban J connectivity index is 4.81. The van der Waals surface area contributed by atoms with Crippen LogP contribution >= 0.6 is 0 Å². The Hall–Kier alpha value is -1.05. The van der Waals surface area contributed by atoms with Crippen molar-refractivity contribution in [2.45, 2.75) is 27.7 Å². The number of carbonyl (C=O) groups is 1. The van der Waals surface area contributed by atoms with Crippen molar-refractivity contribution in [1.29, 1.82) is 0 Å². The standard InChI is InChI=1S/C9H15NO/c1-6(2)9(8(4)11)5-7(3)10/h5H,10H2,1-4H3/b7-5-. The highest BCUT2D eigenvalue weighted by atomic mass is 16.1. The van der Waals surface area contributed by atoms with Crippen molar-refractivity contribution in [2.75, 3.05) is 0 Å². The van der Waals surface area contributed by atoms with Gasteiger partial charge in [-0.15, -0.1) is 0 Å². The first kappa shape index (κ1) is 9.95. The lowest BCUT2D eigenvalue weighted by atomic mass is 10.1. The van der Waals surface area contributed by atoms with Gasteiger partial charge in [0.15, 0.2) is 5.78 Å². The monoisotopic (exact) mass is 153 g/mol. The Morgan fingerprint density at radius 2 is 1.64 bits per heavy atom. The molecular formula is C9H15NO. The molecular weight excluding hydrogens is 138 g/mol. The summed E-state index contributed by atoms with van der Waals surface area (Å²) in [5, 5.41) is 0. The zero-order chi connectivity index (χ0) is 9.02. The van der Waals surface area contributed by atoms with Crippen molar-refractivity contribution in [1.82, 2.24) is 0 Å². The number of Topliss-reactive ketones (excluding diaryl/α,β-unsaturated/α-hetero) is 1. The van der Waals surface area contributed by atoms with E-state index in [9.17, 15) is 4.79 Å². The third kappa shape index (κ3) is 3.61. The first-order chi connectivity index (χ1) is 4.95. The number of hydrogen-bond donors (Lipinski definition) is 1. The van der Waals surface area contributed by atoms with E-state index in [2.05, 4.69) is 0 Å². The van der Waals surface area contributed by atoms with E-state index < -0.39 is 0 Å². The summed E-state index contributed by atoms with van der Waals surface area (Å²) >= 11 is 0. The molecule has 0 spiro atoms. The summed E-state index contributed by atoms with van der Waals surface area (Å²) in [6, 6.07) is 0. The average Bonchev–Trinajstić information content (AvgIpc) is 1.81. The van der Waals surface area contributed by atoms with Gasteiger partial charge in [-0.3, -0.25) is 4.79 Å². The van der Waals surface area contributed by atoms with Crippen LogP contribution in [0.3, 0.4) is 0 Å². The summed E-state index contributed by atoms with van der Waals surface area (Å²) in [7, 11) is 0. The van der Waals surface area contributed by atoms with Gasteiger partial charge < -0.3 is 5.73 Å². The molecule has 0 heterocycles. The van der Waals surface area contributed by atoms with Crippen molar-refractivity contribution >= 4 is 5.78 Å². The molecule has 0 fully saturated rings. The smallest absolute Gasteiger partial charge is 0.159 e. The number of allylic oxidation sites excluding steroid dienone is 4. The molecule has 0 aromatic heterocycles. The normalized spacial score (nSPS) is 11.1. The van der Waals surface area contributed by atoms with Crippen molar-refractivity contribution in [2.24, 2.45) is 5.73 Å². The maximum Gasteiger partial charge on any atom is 0.159 e. The predicted molar refractivity (Wildman–Crippen MR) is 47.0 cm³/mol. The molecule has 0 unspecified atom stereocenters. The van der Waals surface area contributed by atoms with Gasteiger partial charge in [0.1, 0.15) is 0 Å². The van der Waals surface area contributed by atoms with Crippen LogP contribution in [0.25, 0.3) is 0 Å². The number of nitrogens with two attached hydrogens (primary N) is 1. The second kappa shape index (κ2) is 3.96. The van der Waals surface area contributed by atoms with E-state index in [1.54, 1.807) is 19.9 Å². The van der Waals surface area contributed by atoms with Crippen LogP contribution in [0.4, 0.5) is 0 Å². The van der Waals surface area contributed by atoms with Gasteiger partial charge in [-0.05, 0) is 33.8 Å². The minimum Gasteiger partial charge on any atom is -0.402 e. The topological polar surface area (TPSA) is 43.1 Å². The Bertz CT molecular complexity index is 216. The first-order valence-electron chi connectivity index (χ1n) is 3.57. The summed E-state index contributed by atoms with van der Waals surface area (Å²) in [6.07, 6.45) is 1.71. The predicted octanol–water partition coefficient (Wildman–Crippen LogP) is 1.77. The molecule has 0 rings (SSSR count). The summed E-state index contributed by atoms with van der Waals surface area (Å²) < 4.78 is 0. The zero-order valence-electron chi connectivity index (χ0n) is 7.56. The van der Waals surface area contributed by atoms with E-state index in [1.165, 1.54) is 0 Å². The Morgan fingerprint density at radius 3 is 1.73 bits per heavy atom. The molecule has 0 aromatic carbocycles. The van der Waals surface area contributed by atoms with Gasteiger partial charge in [-0.2, -0.15) is 0 Å². The van der Waals surface area contributed by atoms with Gasteiger partial charge in [0, 0.05) is 11.3 Å². The van der Waals surface area contributed by atoms with Gasteiger partial charge in [-0.25, -0.2) is 0 Å². The van der Waals surface area contributed by atoms with Crippen molar-refractivity contribution in [3.63, 3.8) is 0 Å². The molecule has 11 heavy (non-hydrogen) atoms. The Morgan fingerprint density at radius 1 is 1.18 bits per heavy atom. The van der Waals surface area contributed by atoms with E-state index in [1.807, 2.05) is 13.8 Å². The molecule has 2 N–H and O–H groups in total. The second-order valence-electron chi connectivity index (χ2n) is 2.86. The lowest BCUT2D eigenvalue weighted by Gasteiger charge is -1.99. The molecule has 0 saturated heterocycles. The second-order valence-corrected chi connectivity index (χ2v) is 2.86. The molecule has 0 amide bonds. The molecule has 0 aliphatic rings. The molecule has 0 aliphatic heterocycles. The summed E-state index contributed by atoms with van der Waals surface area (Å²) in [5.41, 5.74) is 7.82. The van der Waals surface area contributed by atoms with Crippen LogP contribution in [0.15, 0.2) is 22.9 Å². The lowest BCUT2D eigenvalue weighted by molar-refractivity contribution is -0.113. The van der Waals surface area contributed by atoms with Gasteiger partial charge >= 0.3 is 0 Å². The number of ketones is 1. The highest BCUT2D eigenvalue weighted by Gasteiger charge is 2.01. The van der Waals surface area contributed by atoms with Crippen LogP contribution in [0, 0.1) is 0 Å². The van der Waals surface area contributed by atoms with Gasteiger partial charge in [0.2, 0.25) is 0 Å². The molecule has 0 atom stereocenters. The van der Waals surface area contributed by atoms with Crippen molar-refractivity contribution in [3.05, 3.63) is 22.9 Å². The fourth-order valence-corrected chi connectivity index (χ4v) is 0.826. The number of rotatable bonds is 2. The number of hydrogen-bond acceptors (Lipinski definition) is 2. The first-order valence-corrected chi connectivity index (χ1v) is 3.57. The SMILES string of the molecule is CC(=O)C(/C=C(/C)N)=C(C)C. The molecule has 0 aromatic rings. The summed E-state index contributed by atoms with van der Waals surface area (Å²) in [6.45, 7) is 7.11. The van der Waals surface area contributed by atoms with Gasteiger partial charge in [0.05, 0.1) is 0 Å². The maximum absolute atomic E-state index is 11.0. The van der Waals surface area contributed by atoms with Crippen molar-refractivity contribution in [3.8, 4) is 0 Å². The number of carbonyl (C=O) groups excluding carboxylic acids is 1. The van der Waals surface area contributed by atoms with Crippen LogP contribution in [-0.2, 0) is 4.79 Å². The van der Waals surface area contributed by atoms with Gasteiger partial charge in [-0.1, -0.05) is 5.57 Å². The van der Waals surface area contributed by atoms with E-state index in [4.69, 9.17) is 5.73 Å². The summed E-state index contributed by atoms with van der Waals surface area (Å²) in [5.74, 6) is 0.0646. The molecule has 0 radical (unpaired) electrons. The average molecular weight is 153 g/mol. The zero-order valence-corrected chi connectivity index (χ0v) is 7.56. The van der Waals surface area contributed by atoms with Crippen LogP contribution in [0.5, 0.6) is 0 Å². The fourth-order valence-electron chi connectivity index (χ4n) is 0.826. The fraction of sp³-hybridized carbons (Fsp3) is 0.444. The molecule has 2 nitrogen and oxygen atoms in total. The van der Waals surface area contributed by atoms with E-state index >= 15 is 0 Å². The lowest BCUT2D eigenvalue weighted by Crippen LogP contribution is -1.99. The van der Waals surface area contributed by atoms with Crippen LogP contribution in [0.2, 0.25) is 0 Å². The highest BCUT2D eigenvalue weighted by molar-refractivity contribution is 5.96. The molecule has 2 heteroatoms. The Kier molecular flexibility index (Phi) is 3.58. The maximum atomic E-state index is 11.0. The van der Waals surface area contributed by atoms with Crippen LogP contribution < -0.4 is 5.73 Å². The third-order valence-electron chi connectivity index (χ3n) is 1.29. The molecule has 62 valence electrons. The largest absolute Gasteiger partial charge is 0.402 e. The summed E-state index contributed by atoms with van der Waals surface area (Å²) in [4.78, 5) is 11.0. The quantitative estimate of drug-likeness (QED) is 0.485. The van der Waals surface area contributed by atoms with E-state index in [-0.39, 0.29) is 5.78 Å². The minimum atomic E-state index is 0.0646. The molecule has 0 saturated carbocycles. The van der Waals surface area contributed by atoms with Crippen LogP contribution in [0.1, 0.15) is 27.7 Å². The third-order valence-corrected chi connectivity index (χ3v) is 1.29. The van der Waals surface area contributed by atoms with E-state index in [0.717, 1.165) is 5.57 Å². The van der Waals surface area contributed by atoms with Crippen molar-refractivity contribution < 1.29 is 4.79 Å². The van der Waals surface area contributed by atoms with Crippen LogP contribution in [-0.4, -0.2) is 5.78 Å². The van der Waals surface area contributed by atoms with Gasteiger partial charge in [0.25, 0.3) is 0 Å². The minimum absolute atomic E-state index is 0.0646. The molecule has 0 bridgehead atoms. The van der Waals surface area contributed by atoms with E-state index in [0.29, 0.717) is 11.3 Å². The molecule has 0 aliphatic carbocycles. The highest BCUT2D eigenvalue weighted by Crippen LogP contribution is 2.07. The Labute approximate surface area is 67.8 Å².